The number of aliphatic hydroxyl groups is 2. The Morgan fingerprint density at radius 3 is 2.23 bits per heavy atom. The Balaban J connectivity index is 4.27. The van der Waals surface area contributed by atoms with Gasteiger partial charge in [-0.05, 0) is 67.2 Å². The van der Waals surface area contributed by atoms with E-state index in [1.807, 2.05) is 45.9 Å². The SMILES string of the molecule is CC(C)=CCCC(C)(O)C=CCC=C(C)CC(O)C=C(C)C. The molecule has 2 heteroatoms. The van der Waals surface area contributed by atoms with Gasteiger partial charge < -0.3 is 10.2 Å². The molecule has 0 amide bonds. The van der Waals surface area contributed by atoms with E-state index in [1.54, 1.807) is 0 Å². The standard InChI is InChI=1S/C20H34O2/c1-16(2)10-9-13-20(6,22)12-8-7-11-18(5)15-19(21)14-17(3)4/h8,10-12,14,19,21-22H,7,9,13,15H2,1-6H3. The van der Waals surface area contributed by atoms with Crippen molar-refractivity contribution in [3.63, 3.8) is 0 Å². The highest BCUT2D eigenvalue weighted by Gasteiger charge is 2.14. The van der Waals surface area contributed by atoms with Crippen LogP contribution in [0.5, 0.6) is 0 Å². The molecule has 0 saturated heterocycles. The first-order valence-corrected chi connectivity index (χ1v) is 8.14. The first-order chi connectivity index (χ1) is 10.1. The molecule has 0 aliphatic heterocycles. The van der Waals surface area contributed by atoms with Crippen molar-refractivity contribution < 1.29 is 10.2 Å². The molecule has 0 aromatic heterocycles. The number of hydrogen-bond donors (Lipinski definition) is 2. The van der Waals surface area contributed by atoms with E-state index >= 15 is 0 Å². The van der Waals surface area contributed by atoms with Crippen LogP contribution in [0.3, 0.4) is 0 Å². The van der Waals surface area contributed by atoms with E-state index in [9.17, 15) is 10.2 Å². The minimum absolute atomic E-state index is 0.405. The zero-order chi connectivity index (χ0) is 17.2. The molecule has 0 spiro atoms. The molecular formula is C20H34O2. The fourth-order valence-corrected chi connectivity index (χ4v) is 2.18. The molecule has 2 nitrogen and oxygen atoms in total. The van der Waals surface area contributed by atoms with Gasteiger partial charge in [0.15, 0.2) is 0 Å². The zero-order valence-corrected chi connectivity index (χ0v) is 15.2. The monoisotopic (exact) mass is 306 g/mol. The molecule has 0 bridgehead atoms. The van der Waals surface area contributed by atoms with Gasteiger partial charge in [-0.2, -0.15) is 0 Å². The van der Waals surface area contributed by atoms with Crippen LogP contribution in [0, 0.1) is 0 Å². The molecule has 2 N–H and O–H groups in total. The molecular weight excluding hydrogens is 272 g/mol. The molecule has 0 aliphatic rings. The number of rotatable bonds is 9. The third-order valence-corrected chi connectivity index (χ3v) is 3.34. The van der Waals surface area contributed by atoms with Gasteiger partial charge in [0.1, 0.15) is 0 Å². The molecule has 22 heavy (non-hydrogen) atoms. The Bertz CT molecular complexity index is 429. The Hall–Kier alpha value is -1.12. The van der Waals surface area contributed by atoms with Gasteiger partial charge in [-0.1, -0.05) is 47.1 Å². The summed E-state index contributed by atoms with van der Waals surface area (Å²) in [4.78, 5) is 0. The highest BCUT2D eigenvalue weighted by atomic mass is 16.3. The maximum Gasteiger partial charge on any atom is 0.0802 e. The van der Waals surface area contributed by atoms with Crippen LogP contribution in [0.15, 0.2) is 47.1 Å². The van der Waals surface area contributed by atoms with Gasteiger partial charge in [0.05, 0.1) is 11.7 Å². The van der Waals surface area contributed by atoms with Crippen LogP contribution in [-0.2, 0) is 0 Å². The van der Waals surface area contributed by atoms with E-state index in [2.05, 4.69) is 26.0 Å². The minimum atomic E-state index is -0.755. The molecule has 0 radical (unpaired) electrons. The smallest absolute Gasteiger partial charge is 0.0802 e. The van der Waals surface area contributed by atoms with Gasteiger partial charge in [0, 0.05) is 0 Å². The van der Waals surface area contributed by atoms with Crippen LogP contribution in [0.1, 0.15) is 67.2 Å². The van der Waals surface area contributed by atoms with E-state index in [0.717, 1.165) is 24.8 Å². The highest BCUT2D eigenvalue weighted by molar-refractivity contribution is 5.09. The second-order valence-electron chi connectivity index (χ2n) is 6.88. The summed E-state index contributed by atoms with van der Waals surface area (Å²) in [5.41, 5.74) is 2.83. The summed E-state index contributed by atoms with van der Waals surface area (Å²) in [5, 5.41) is 20.1. The van der Waals surface area contributed by atoms with Crippen molar-refractivity contribution in [3.05, 3.63) is 47.1 Å². The average Bonchev–Trinajstić information content (AvgIpc) is 2.32. The van der Waals surface area contributed by atoms with E-state index in [0.29, 0.717) is 6.42 Å². The first-order valence-electron chi connectivity index (χ1n) is 8.14. The fraction of sp³-hybridized carbons (Fsp3) is 0.600. The van der Waals surface area contributed by atoms with Gasteiger partial charge in [-0.25, -0.2) is 0 Å². The van der Waals surface area contributed by atoms with E-state index in [-0.39, 0.29) is 0 Å². The van der Waals surface area contributed by atoms with Gasteiger partial charge in [-0.15, -0.1) is 0 Å². The van der Waals surface area contributed by atoms with Gasteiger partial charge >= 0.3 is 0 Å². The van der Waals surface area contributed by atoms with Crippen LogP contribution in [0.25, 0.3) is 0 Å². The molecule has 0 heterocycles. The lowest BCUT2D eigenvalue weighted by atomic mass is 9.98. The lowest BCUT2D eigenvalue weighted by molar-refractivity contribution is 0.103. The van der Waals surface area contributed by atoms with Gasteiger partial charge in [0.2, 0.25) is 0 Å². The Kier molecular flexibility index (Phi) is 10.0. The van der Waals surface area contributed by atoms with Crippen LogP contribution < -0.4 is 0 Å². The third-order valence-electron chi connectivity index (χ3n) is 3.34. The minimum Gasteiger partial charge on any atom is -0.389 e. The normalized spacial score (nSPS) is 16.3. The molecule has 0 aliphatic carbocycles. The molecule has 0 aromatic carbocycles. The topological polar surface area (TPSA) is 40.5 Å². The van der Waals surface area contributed by atoms with E-state index in [4.69, 9.17) is 0 Å². The maximum absolute atomic E-state index is 10.3. The predicted molar refractivity (Wildman–Crippen MR) is 96.9 cm³/mol. The molecule has 2 atom stereocenters. The lowest BCUT2D eigenvalue weighted by Crippen LogP contribution is -2.19. The molecule has 2 unspecified atom stereocenters. The van der Waals surface area contributed by atoms with E-state index in [1.165, 1.54) is 11.1 Å². The molecule has 0 rings (SSSR count). The van der Waals surface area contributed by atoms with Crippen molar-refractivity contribution in [2.45, 2.75) is 78.9 Å². The quantitative estimate of drug-likeness (QED) is 0.582. The highest BCUT2D eigenvalue weighted by Crippen LogP contribution is 2.16. The van der Waals surface area contributed by atoms with Crippen molar-refractivity contribution in [2.24, 2.45) is 0 Å². The van der Waals surface area contributed by atoms with Gasteiger partial charge in [-0.3, -0.25) is 0 Å². The summed E-state index contributed by atoms with van der Waals surface area (Å²) in [6, 6.07) is 0. The first kappa shape index (κ1) is 20.9. The molecule has 0 fully saturated rings. The second-order valence-corrected chi connectivity index (χ2v) is 6.88. The molecule has 0 aromatic rings. The van der Waals surface area contributed by atoms with Gasteiger partial charge in [0.25, 0.3) is 0 Å². The average molecular weight is 306 g/mol. The van der Waals surface area contributed by atoms with Crippen molar-refractivity contribution in [3.8, 4) is 0 Å². The summed E-state index contributed by atoms with van der Waals surface area (Å²) in [5.74, 6) is 0. The van der Waals surface area contributed by atoms with Crippen molar-refractivity contribution >= 4 is 0 Å². The number of aliphatic hydroxyl groups excluding tert-OH is 1. The van der Waals surface area contributed by atoms with Crippen molar-refractivity contribution in [2.75, 3.05) is 0 Å². The van der Waals surface area contributed by atoms with Crippen LogP contribution in [0.4, 0.5) is 0 Å². The van der Waals surface area contributed by atoms with Crippen LogP contribution in [-0.4, -0.2) is 21.9 Å². The number of hydrogen-bond acceptors (Lipinski definition) is 2. The summed E-state index contributed by atoms with van der Waals surface area (Å²) in [7, 11) is 0. The summed E-state index contributed by atoms with van der Waals surface area (Å²) in [6.45, 7) is 12.0. The zero-order valence-electron chi connectivity index (χ0n) is 15.2. The van der Waals surface area contributed by atoms with Crippen LogP contribution in [0.2, 0.25) is 0 Å². The predicted octanol–water partition coefficient (Wildman–Crippen LogP) is 5.09. The fourth-order valence-electron chi connectivity index (χ4n) is 2.18. The maximum atomic E-state index is 10.3. The Morgan fingerprint density at radius 2 is 1.68 bits per heavy atom. The molecule has 126 valence electrons. The van der Waals surface area contributed by atoms with Crippen LogP contribution >= 0.6 is 0 Å². The summed E-state index contributed by atoms with van der Waals surface area (Å²) < 4.78 is 0. The van der Waals surface area contributed by atoms with Crippen molar-refractivity contribution in [1.82, 2.24) is 0 Å². The second kappa shape index (κ2) is 10.6. The lowest BCUT2D eigenvalue weighted by Gasteiger charge is -2.17. The largest absolute Gasteiger partial charge is 0.389 e. The van der Waals surface area contributed by atoms with E-state index < -0.39 is 11.7 Å². The summed E-state index contributed by atoms with van der Waals surface area (Å²) >= 11 is 0. The molecule has 0 saturated carbocycles. The number of allylic oxidation sites excluding steroid dienone is 5. The van der Waals surface area contributed by atoms with Crippen molar-refractivity contribution in [1.29, 1.82) is 0 Å². The third kappa shape index (κ3) is 12.6. The Morgan fingerprint density at radius 1 is 1.05 bits per heavy atom. The Labute approximate surface area is 137 Å². The summed E-state index contributed by atoms with van der Waals surface area (Å²) in [6.07, 6.45) is 12.7.